The van der Waals surface area contributed by atoms with E-state index in [2.05, 4.69) is 27.7 Å². The molecule has 0 bridgehead atoms. The van der Waals surface area contributed by atoms with Gasteiger partial charge in [0.1, 0.15) is 0 Å². The first kappa shape index (κ1) is 9.09. The molecule has 1 radical (unpaired) electrons. The predicted octanol–water partition coefficient (Wildman–Crippen LogP) is 3.82. The van der Waals surface area contributed by atoms with Crippen molar-refractivity contribution in [3.8, 4) is 0 Å². The fourth-order valence-electron chi connectivity index (χ4n) is 2.35. The monoisotopic (exact) mass is 153 g/mol. The van der Waals surface area contributed by atoms with Gasteiger partial charge in [0, 0.05) is 0 Å². The van der Waals surface area contributed by atoms with Gasteiger partial charge in [-0.2, -0.15) is 0 Å². The van der Waals surface area contributed by atoms with Crippen LogP contribution in [-0.4, -0.2) is 0 Å². The number of hydrogen-bond donors (Lipinski definition) is 0. The summed E-state index contributed by atoms with van der Waals surface area (Å²) in [5.41, 5.74) is 0.504. The van der Waals surface area contributed by atoms with Crippen LogP contribution in [0.25, 0.3) is 0 Å². The van der Waals surface area contributed by atoms with Crippen LogP contribution in [0.15, 0.2) is 0 Å². The zero-order valence-corrected chi connectivity index (χ0v) is 8.41. The molecule has 0 heterocycles. The first-order valence-corrected chi connectivity index (χ1v) is 4.84. The SMILES string of the molecule is C[C]1CCCCC1C(C)(C)C. The van der Waals surface area contributed by atoms with E-state index in [0.717, 1.165) is 5.92 Å². The Labute approximate surface area is 71.4 Å². The average Bonchev–Trinajstić information content (AvgIpc) is 1.86. The summed E-state index contributed by atoms with van der Waals surface area (Å²) >= 11 is 0. The van der Waals surface area contributed by atoms with Gasteiger partial charge >= 0.3 is 0 Å². The second kappa shape index (κ2) is 3.16. The minimum atomic E-state index is 0.504. The van der Waals surface area contributed by atoms with Crippen molar-refractivity contribution >= 4 is 0 Å². The summed E-state index contributed by atoms with van der Waals surface area (Å²) in [5, 5.41) is 0. The van der Waals surface area contributed by atoms with Crippen molar-refractivity contribution in [1.82, 2.24) is 0 Å². The maximum atomic E-state index is 2.37. The van der Waals surface area contributed by atoms with Crippen LogP contribution in [0.4, 0.5) is 0 Å². The smallest absolute Gasteiger partial charge is 0.0236 e. The lowest BCUT2D eigenvalue weighted by atomic mass is 9.67. The van der Waals surface area contributed by atoms with Crippen LogP contribution in [0.5, 0.6) is 0 Å². The van der Waals surface area contributed by atoms with Gasteiger partial charge in [0.05, 0.1) is 0 Å². The first-order valence-electron chi connectivity index (χ1n) is 4.84. The van der Waals surface area contributed by atoms with E-state index in [4.69, 9.17) is 0 Å². The molecule has 0 aliphatic heterocycles. The number of rotatable bonds is 0. The first-order chi connectivity index (χ1) is 5.02. The third-order valence-electron chi connectivity index (χ3n) is 2.95. The summed E-state index contributed by atoms with van der Waals surface area (Å²) in [4.78, 5) is 0. The molecule has 0 amide bonds. The van der Waals surface area contributed by atoms with Crippen LogP contribution in [-0.2, 0) is 0 Å². The maximum absolute atomic E-state index is 2.37. The van der Waals surface area contributed by atoms with Crippen molar-refractivity contribution in [2.45, 2.75) is 53.4 Å². The normalized spacial score (nSPS) is 28.9. The van der Waals surface area contributed by atoms with Crippen molar-refractivity contribution in [3.63, 3.8) is 0 Å². The lowest BCUT2D eigenvalue weighted by molar-refractivity contribution is 0.205. The van der Waals surface area contributed by atoms with Gasteiger partial charge in [-0.3, -0.25) is 0 Å². The molecule has 1 atom stereocenters. The van der Waals surface area contributed by atoms with Gasteiger partial charge in [-0.25, -0.2) is 0 Å². The van der Waals surface area contributed by atoms with Crippen molar-refractivity contribution in [2.24, 2.45) is 11.3 Å². The Balaban J connectivity index is 2.55. The minimum Gasteiger partial charge on any atom is -0.0599 e. The average molecular weight is 153 g/mol. The highest BCUT2D eigenvalue weighted by Gasteiger charge is 2.31. The second-order valence-corrected chi connectivity index (χ2v) is 5.01. The Morgan fingerprint density at radius 1 is 1.18 bits per heavy atom. The molecule has 0 spiro atoms. The highest BCUT2D eigenvalue weighted by Crippen LogP contribution is 2.42. The molecule has 0 aromatic carbocycles. The fraction of sp³-hybridized carbons (Fsp3) is 0.909. The Morgan fingerprint density at radius 3 is 2.18 bits per heavy atom. The van der Waals surface area contributed by atoms with Gasteiger partial charge in [0.25, 0.3) is 0 Å². The topological polar surface area (TPSA) is 0 Å². The molecule has 0 heteroatoms. The molecule has 1 fully saturated rings. The fourth-order valence-corrected chi connectivity index (χ4v) is 2.35. The minimum absolute atomic E-state index is 0.504. The Morgan fingerprint density at radius 2 is 1.82 bits per heavy atom. The lowest BCUT2D eigenvalue weighted by Crippen LogP contribution is -2.28. The molecule has 0 aromatic heterocycles. The van der Waals surface area contributed by atoms with E-state index in [1.165, 1.54) is 25.7 Å². The molecular formula is C11H21. The van der Waals surface area contributed by atoms with Gasteiger partial charge in [-0.15, -0.1) is 0 Å². The summed E-state index contributed by atoms with van der Waals surface area (Å²) in [6, 6.07) is 0. The molecule has 0 saturated heterocycles. The third-order valence-corrected chi connectivity index (χ3v) is 2.95. The molecule has 1 saturated carbocycles. The summed E-state index contributed by atoms with van der Waals surface area (Å²) in [6.07, 6.45) is 5.68. The quantitative estimate of drug-likeness (QED) is 0.496. The van der Waals surface area contributed by atoms with Crippen molar-refractivity contribution in [1.29, 1.82) is 0 Å². The molecule has 0 aromatic rings. The van der Waals surface area contributed by atoms with Gasteiger partial charge in [-0.1, -0.05) is 40.5 Å². The van der Waals surface area contributed by atoms with Gasteiger partial charge in [-0.05, 0) is 30.1 Å². The molecule has 1 rings (SSSR count). The van der Waals surface area contributed by atoms with E-state index in [0.29, 0.717) is 5.41 Å². The third kappa shape index (κ3) is 2.21. The molecule has 1 unspecified atom stereocenters. The van der Waals surface area contributed by atoms with E-state index in [1.54, 1.807) is 5.92 Å². The summed E-state index contributed by atoms with van der Waals surface area (Å²) < 4.78 is 0. The van der Waals surface area contributed by atoms with Crippen molar-refractivity contribution < 1.29 is 0 Å². The van der Waals surface area contributed by atoms with Gasteiger partial charge in [0.2, 0.25) is 0 Å². The molecule has 1 aliphatic carbocycles. The summed E-state index contributed by atoms with van der Waals surface area (Å²) in [6.45, 7) is 9.44. The van der Waals surface area contributed by atoms with Crippen LogP contribution in [0.2, 0.25) is 0 Å². The highest BCUT2D eigenvalue weighted by atomic mass is 14.4. The molecule has 0 N–H and O–H groups in total. The van der Waals surface area contributed by atoms with E-state index < -0.39 is 0 Å². The second-order valence-electron chi connectivity index (χ2n) is 5.01. The van der Waals surface area contributed by atoms with Crippen molar-refractivity contribution in [3.05, 3.63) is 5.92 Å². The van der Waals surface area contributed by atoms with Crippen LogP contribution in [0, 0.1) is 17.3 Å². The molecule has 0 nitrogen and oxygen atoms in total. The van der Waals surface area contributed by atoms with Crippen LogP contribution in [0.3, 0.4) is 0 Å². The zero-order chi connectivity index (χ0) is 8.48. The predicted molar refractivity (Wildman–Crippen MR) is 50.3 cm³/mol. The Kier molecular flexibility index (Phi) is 2.61. The molecule has 65 valence electrons. The Hall–Kier alpha value is 0. The lowest BCUT2D eigenvalue weighted by Gasteiger charge is -2.38. The van der Waals surface area contributed by atoms with Crippen LogP contribution < -0.4 is 0 Å². The van der Waals surface area contributed by atoms with Gasteiger partial charge < -0.3 is 0 Å². The largest absolute Gasteiger partial charge is 0.0599 e. The maximum Gasteiger partial charge on any atom is -0.0236 e. The van der Waals surface area contributed by atoms with Gasteiger partial charge in [0.15, 0.2) is 0 Å². The zero-order valence-electron chi connectivity index (χ0n) is 8.41. The molecule has 11 heavy (non-hydrogen) atoms. The molecular weight excluding hydrogens is 132 g/mol. The standard InChI is InChI=1S/C11H21/c1-9-7-5-6-8-10(9)11(2,3)4/h10H,5-8H2,1-4H3. The van der Waals surface area contributed by atoms with E-state index >= 15 is 0 Å². The van der Waals surface area contributed by atoms with Crippen molar-refractivity contribution in [2.75, 3.05) is 0 Å². The van der Waals surface area contributed by atoms with Crippen LogP contribution in [0.1, 0.15) is 53.4 Å². The van der Waals surface area contributed by atoms with Crippen LogP contribution >= 0.6 is 0 Å². The van der Waals surface area contributed by atoms with E-state index in [-0.39, 0.29) is 0 Å². The van der Waals surface area contributed by atoms with E-state index in [1.807, 2.05) is 0 Å². The molecule has 1 aliphatic rings. The summed E-state index contributed by atoms with van der Waals surface area (Å²) in [5.74, 6) is 2.62. The highest BCUT2D eigenvalue weighted by molar-refractivity contribution is 4.99. The van der Waals surface area contributed by atoms with E-state index in [9.17, 15) is 0 Å². The Bertz CT molecular complexity index is 118. The summed E-state index contributed by atoms with van der Waals surface area (Å²) in [7, 11) is 0. The number of hydrogen-bond acceptors (Lipinski definition) is 0.